The van der Waals surface area contributed by atoms with E-state index < -0.39 is 12.1 Å². The topological polar surface area (TPSA) is 77.8 Å². The third-order valence-electron chi connectivity index (χ3n) is 0.768. The number of rotatable bonds is 4. The molecule has 0 radical (unpaired) electrons. The highest BCUT2D eigenvalue weighted by Crippen LogP contribution is 1.99. The van der Waals surface area contributed by atoms with E-state index in [-0.39, 0.29) is 12.2 Å². The Labute approximate surface area is 56.7 Å². The van der Waals surface area contributed by atoms with Crippen molar-refractivity contribution in [3.8, 4) is 0 Å². The Morgan fingerprint density at radius 1 is 1.67 bits per heavy atom. The van der Waals surface area contributed by atoms with E-state index in [4.69, 9.17) is 14.8 Å². The molecule has 0 aromatic rings. The van der Waals surface area contributed by atoms with Crippen LogP contribution in [0.15, 0.2) is 0 Å². The number of carboxylic acid groups (broad SMARTS) is 1. The maximum atomic E-state index is 9.86. The molecule has 0 heterocycles. The first-order chi connectivity index (χ1) is 4.18. The molecule has 0 aliphatic rings. The van der Waals surface area contributed by atoms with E-state index >= 15 is 0 Å². The van der Waals surface area contributed by atoms with Crippen LogP contribution in [0.1, 0.15) is 6.42 Å². The monoisotopic (exact) mass is 152 g/mol. The van der Waals surface area contributed by atoms with Crippen molar-refractivity contribution in [2.24, 2.45) is 0 Å². The molecule has 1 atom stereocenters. The van der Waals surface area contributed by atoms with Gasteiger partial charge >= 0.3 is 5.97 Å². The zero-order valence-electron chi connectivity index (χ0n) is 4.65. The molecular weight excluding hydrogens is 144 g/mol. The fraction of sp³-hybridized carbons (Fsp3) is 0.750. The van der Waals surface area contributed by atoms with Gasteiger partial charge in [0, 0.05) is 5.75 Å². The largest absolute Gasteiger partial charge is 0.479 e. The summed E-state index contributed by atoms with van der Waals surface area (Å²) in [6.07, 6.45) is -1.26. The molecule has 4 nitrogen and oxygen atoms in total. The highest BCUT2D eigenvalue weighted by molar-refractivity contribution is 7.93. The van der Waals surface area contributed by atoms with E-state index in [0.29, 0.717) is 12.0 Å². The van der Waals surface area contributed by atoms with Crippen LogP contribution in [0.2, 0.25) is 0 Å². The first kappa shape index (κ1) is 8.74. The normalized spacial score (nSPS) is 13.1. The molecule has 0 aromatic heterocycles. The highest BCUT2D eigenvalue weighted by Gasteiger charge is 2.11. The van der Waals surface area contributed by atoms with Crippen molar-refractivity contribution >= 4 is 18.0 Å². The summed E-state index contributed by atoms with van der Waals surface area (Å²) in [5, 5.41) is 16.6. The van der Waals surface area contributed by atoms with Gasteiger partial charge in [0.1, 0.15) is 0 Å². The zero-order chi connectivity index (χ0) is 7.28. The van der Waals surface area contributed by atoms with E-state index in [0.717, 1.165) is 0 Å². The van der Waals surface area contributed by atoms with Crippen molar-refractivity contribution in [3.05, 3.63) is 0 Å². The Kier molecular flexibility index (Phi) is 4.47. The summed E-state index contributed by atoms with van der Waals surface area (Å²) in [4.78, 5) is 9.86. The van der Waals surface area contributed by atoms with Gasteiger partial charge in [0.15, 0.2) is 6.10 Å². The molecule has 0 aromatic carbocycles. The van der Waals surface area contributed by atoms with Gasteiger partial charge in [0.2, 0.25) is 0 Å². The minimum Gasteiger partial charge on any atom is -0.479 e. The van der Waals surface area contributed by atoms with Gasteiger partial charge in [-0.1, -0.05) is 0 Å². The molecule has 3 N–H and O–H groups in total. The summed E-state index contributed by atoms with van der Waals surface area (Å²) in [5.41, 5.74) is 0. The van der Waals surface area contributed by atoms with Crippen molar-refractivity contribution in [2.45, 2.75) is 12.5 Å². The number of carbonyl (C=O) groups is 1. The predicted octanol–water partition coefficient (Wildman–Crippen LogP) is 0.0282. The molecule has 0 fully saturated rings. The number of hydrogen-bond acceptors (Lipinski definition) is 4. The van der Waals surface area contributed by atoms with E-state index in [2.05, 4.69) is 0 Å². The van der Waals surface area contributed by atoms with Crippen LogP contribution in [0, 0.1) is 0 Å². The van der Waals surface area contributed by atoms with Gasteiger partial charge in [-0.2, -0.15) is 0 Å². The predicted molar refractivity (Wildman–Crippen MR) is 33.3 cm³/mol. The summed E-state index contributed by atoms with van der Waals surface area (Å²) in [7, 11) is 0. The first-order valence-corrected chi connectivity index (χ1v) is 3.30. The lowest BCUT2D eigenvalue weighted by atomic mass is 10.3. The smallest absolute Gasteiger partial charge is 0.332 e. The number of carboxylic acids is 1. The number of aliphatic carboxylic acids is 1. The Bertz CT molecular complexity index is 94.6. The van der Waals surface area contributed by atoms with Crippen molar-refractivity contribution in [1.29, 1.82) is 0 Å². The van der Waals surface area contributed by atoms with Crippen LogP contribution < -0.4 is 0 Å². The van der Waals surface area contributed by atoms with Crippen molar-refractivity contribution in [2.75, 3.05) is 5.75 Å². The molecule has 0 saturated heterocycles. The van der Waals surface area contributed by atoms with E-state index in [1.165, 1.54) is 0 Å². The van der Waals surface area contributed by atoms with Crippen LogP contribution in [0.4, 0.5) is 0 Å². The fourth-order valence-corrected chi connectivity index (χ4v) is 0.616. The van der Waals surface area contributed by atoms with Crippen LogP contribution in [0.3, 0.4) is 0 Å². The lowest BCUT2D eigenvalue weighted by molar-refractivity contribution is -0.146. The van der Waals surface area contributed by atoms with E-state index in [1.807, 2.05) is 0 Å². The minimum absolute atomic E-state index is 0.0799. The zero-order valence-corrected chi connectivity index (χ0v) is 5.47. The van der Waals surface area contributed by atoms with Crippen molar-refractivity contribution in [3.63, 3.8) is 0 Å². The summed E-state index contributed by atoms with van der Waals surface area (Å²) in [6.45, 7) is 0. The molecule has 54 valence electrons. The van der Waals surface area contributed by atoms with Gasteiger partial charge < -0.3 is 14.8 Å². The molecule has 0 spiro atoms. The number of aliphatic hydroxyl groups excluding tert-OH is 1. The Morgan fingerprint density at radius 2 is 2.22 bits per heavy atom. The van der Waals surface area contributed by atoms with Gasteiger partial charge in [-0.15, -0.1) is 0 Å². The molecule has 0 amide bonds. The van der Waals surface area contributed by atoms with Gasteiger partial charge in [-0.05, 0) is 18.5 Å². The summed E-state index contributed by atoms with van der Waals surface area (Å²) < 4.78 is 8.11. The molecule has 0 saturated carbocycles. The van der Waals surface area contributed by atoms with Crippen molar-refractivity contribution < 1.29 is 19.6 Å². The highest BCUT2D eigenvalue weighted by atomic mass is 32.2. The lowest BCUT2D eigenvalue weighted by Crippen LogP contribution is -2.19. The molecule has 1 unspecified atom stereocenters. The van der Waals surface area contributed by atoms with Gasteiger partial charge in [0.25, 0.3) is 0 Å². The molecule has 0 bridgehead atoms. The van der Waals surface area contributed by atoms with E-state index in [9.17, 15) is 4.79 Å². The Hall–Kier alpha value is -0.260. The Morgan fingerprint density at radius 3 is 2.56 bits per heavy atom. The van der Waals surface area contributed by atoms with Crippen LogP contribution in [0.25, 0.3) is 0 Å². The Balaban J connectivity index is 3.27. The number of aliphatic hydroxyl groups is 1. The third kappa shape index (κ3) is 4.26. The second kappa shape index (κ2) is 4.60. The number of hydrogen-bond donors (Lipinski definition) is 3. The SMILES string of the molecule is O=C(O)C(O)CCSO. The van der Waals surface area contributed by atoms with Crippen molar-refractivity contribution in [1.82, 2.24) is 0 Å². The maximum Gasteiger partial charge on any atom is 0.332 e. The van der Waals surface area contributed by atoms with Crippen LogP contribution in [-0.4, -0.2) is 32.6 Å². The summed E-state index contributed by atoms with van der Waals surface area (Å²) >= 11 is 0.524. The van der Waals surface area contributed by atoms with Crippen LogP contribution in [-0.2, 0) is 4.79 Å². The molecule has 0 rings (SSSR count). The van der Waals surface area contributed by atoms with Gasteiger partial charge in [0.05, 0.1) is 0 Å². The molecular formula is C4H8O4S. The maximum absolute atomic E-state index is 9.86. The molecule has 0 aliphatic carbocycles. The van der Waals surface area contributed by atoms with Gasteiger partial charge in [-0.25, -0.2) is 4.79 Å². The first-order valence-electron chi connectivity index (χ1n) is 2.35. The fourth-order valence-electron chi connectivity index (χ4n) is 0.288. The average Bonchev–Trinajstić information content (AvgIpc) is 1.82. The molecule has 0 aliphatic heterocycles. The summed E-state index contributed by atoms with van der Waals surface area (Å²) in [5.74, 6) is -1.00. The molecule has 5 heteroatoms. The van der Waals surface area contributed by atoms with Crippen LogP contribution in [0.5, 0.6) is 0 Å². The minimum atomic E-state index is -1.34. The van der Waals surface area contributed by atoms with E-state index in [1.54, 1.807) is 0 Å². The third-order valence-corrected chi connectivity index (χ3v) is 1.19. The lowest BCUT2D eigenvalue weighted by Gasteiger charge is -2.00. The van der Waals surface area contributed by atoms with Gasteiger partial charge in [-0.3, -0.25) is 0 Å². The van der Waals surface area contributed by atoms with Crippen LogP contribution >= 0.6 is 12.0 Å². The standard InChI is InChI=1S/C4H8O4S/c5-3(4(6)7)1-2-9-8/h3,5,8H,1-2H2,(H,6,7). The quantitative estimate of drug-likeness (QED) is 0.495. The summed E-state index contributed by atoms with van der Waals surface area (Å²) in [6, 6.07) is 0. The second-order valence-corrected chi connectivity index (χ2v) is 2.14. The molecule has 9 heavy (non-hydrogen) atoms. The second-order valence-electron chi connectivity index (χ2n) is 1.48. The average molecular weight is 152 g/mol.